The van der Waals surface area contributed by atoms with Crippen molar-refractivity contribution in [3.8, 4) is 0 Å². The van der Waals surface area contributed by atoms with Gasteiger partial charge in [-0.2, -0.15) is 0 Å². The molecular weight excluding hydrogens is 338 g/mol. The standard InChI is InChI=1S/C12H15BrClNO2S/c1-8(18(2)17)5-6-15-12(16)10-7-9(13)3-4-11(10)14/h3-4,7-8H,5-6H2,1-2H3,(H,15,16). The third kappa shape index (κ3) is 4.71. The van der Waals surface area contributed by atoms with E-state index >= 15 is 0 Å². The Morgan fingerprint density at radius 1 is 1.56 bits per heavy atom. The molecule has 0 heterocycles. The normalized spacial score (nSPS) is 14.0. The Morgan fingerprint density at radius 2 is 2.22 bits per heavy atom. The maximum absolute atomic E-state index is 11.9. The lowest BCUT2D eigenvalue weighted by Crippen LogP contribution is -2.27. The number of hydrogen-bond acceptors (Lipinski definition) is 2. The summed E-state index contributed by atoms with van der Waals surface area (Å²) in [4.78, 5) is 11.9. The molecule has 0 aliphatic heterocycles. The highest BCUT2D eigenvalue weighted by Crippen LogP contribution is 2.20. The lowest BCUT2D eigenvalue weighted by Gasteiger charge is -2.10. The van der Waals surface area contributed by atoms with Crippen LogP contribution in [0.15, 0.2) is 22.7 Å². The lowest BCUT2D eigenvalue weighted by molar-refractivity contribution is 0.0953. The van der Waals surface area contributed by atoms with E-state index in [0.29, 0.717) is 23.6 Å². The highest BCUT2D eigenvalue weighted by molar-refractivity contribution is 9.10. The summed E-state index contributed by atoms with van der Waals surface area (Å²) in [6.07, 6.45) is 2.35. The van der Waals surface area contributed by atoms with Gasteiger partial charge in [-0.15, -0.1) is 0 Å². The molecule has 1 aromatic rings. The van der Waals surface area contributed by atoms with Crippen LogP contribution in [0.2, 0.25) is 5.02 Å². The number of carbonyl (C=O) groups is 1. The molecule has 1 rings (SSSR count). The van der Waals surface area contributed by atoms with E-state index in [4.69, 9.17) is 11.6 Å². The smallest absolute Gasteiger partial charge is 0.252 e. The van der Waals surface area contributed by atoms with Gasteiger partial charge in [0.1, 0.15) is 0 Å². The fraction of sp³-hybridized carbons (Fsp3) is 0.417. The molecule has 0 aliphatic carbocycles. The molecule has 3 nitrogen and oxygen atoms in total. The van der Waals surface area contributed by atoms with E-state index in [9.17, 15) is 9.00 Å². The van der Waals surface area contributed by atoms with Gasteiger partial charge in [-0.05, 0) is 24.6 Å². The van der Waals surface area contributed by atoms with Crippen LogP contribution < -0.4 is 5.32 Å². The van der Waals surface area contributed by atoms with Crippen molar-refractivity contribution >= 4 is 44.2 Å². The Bertz CT molecular complexity index is 467. The van der Waals surface area contributed by atoms with Crippen LogP contribution in [0.25, 0.3) is 0 Å². The van der Waals surface area contributed by atoms with Gasteiger partial charge in [-0.25, -0.2) is 0 Å². The zero-order valence-electron chi connectivity index (χ0n) is 10.2. The molecule has 0 spiro atoms. The first-order valence-corrected chi connectivity index (χ1v) is 8.26. The number of amides is 1. The predicted octanol–water partition coefficient (Wildman–Crippen LogP) is 2.99. The quantitative estimate of drug-likeness (QED) is 0.885. The second-order valence-corrected chi connectivity index (χ2v) is 7.10. The molecule has 2 atom stereocenters. The Hall–Kier alpha value is -0.390. The van der Waals surface area contributed by atoms with Crippen LogP contribution in [0.5, 0.6) is 0 Å². The second-order valence-electron chi connectivity index (χ2n) is 3.98. The Morgan fingerprint density at radius 3 is 2.83 bits per heavy atom. The van der Waals surface area contributed by atoms with Gasteiger partial charge in [-0.3, -0.25) is 9.00 Å². The molecule has 1 N–H and O–H groups in total. The van der Waals surface area contributed by atoms with Crippen LogP contribution in [-0.2, 0) is 10.8 Å². The summed E-state index contributed by atoms with van der Waals surface area (Å²) in [5.41, 5.74) is 0.441. The fourth-order valence-corrected chi connectivity index (χ4v) is 2.34. The van der Waals surface area contributed by atoms with Crippen LogP contribution in [0.4, 0.5) is 0 Å². The first-order chi connectivity index (χ1) is 8.41. The molecule has 0 saturated heterocycles. The molecule has 1 aromatic carbocycles. The molecule has 100 valence electrons. The van der Waals surface area contributed by atoms with Crippen LogP contribution in [0.3, 0.4) is 0 Å². The molecular formula is C12H15BrClNO2S. The van der Waals surface area contributed by atoms with E-state index in [1.54, 1.807) is 24.5 Å². The van der Waals surface area contributed by atoms with Crippen molar-refractivity contribution in [3.63, 3.8) is 0 Å². The maximum atomic E-state index is 11.9. The topological polar surface area (TPSA) is 46.2 Å². The van der Waals surface area contributed by atoms with Crippen LogP contribution >= 0.6 is 27.5 Å². The average molecular weight is 353 g/mol. The summed E-state index contributed by atoms with van der Waals surface area (Å²) < 4.78 is 12.0. The van der Waals surface area contributed by atoms with Crippen molar-refractivity contribution in [1.82, 2.24) is 5.32 Å². The summed E-state index contributed by atoms with van der Waals surface area (Å²) >= 11 is 9.25. The summed E-state index contributed by atoms with van der Waals surface area (Å²) in [7, 11) is -0.862. The highest BCUT2D eigenvalue weighted by atomic mass is 79.9. The molecule has 6 heteroatoms. The number of nitrogens with one attached hydrogen (secondary N) is 1. The number of carbonyl (C=O) groups excluding carboxylic acids is 1. The number of benzene rings is 1. The summed E-state index contributed by atoms with van der Waals surface area (Å²) in [5, 5.41) is 3.27. The second kappa shape index (κ2) is 7.26. The van der Waals surface area contributed by atoms with Gasteiger partial charge < -0.3 is 5.32 Å². The van der Waals surface area contributed by atoms with E-state index in [0.717, 1.165) is 4.47 Å². The van der Waals surface area contributed by atoms with Gasteiger partial charge in [0.2, 0.25) is 0 Å². The van der Waals surface area contributed by atoms with E-state index in [-0.39, 0.29) is 11.2 Å². The fourth-order valence-electron chi connectivity index (χ4n) is 1.32. The van der Waals surface area contributed by atoms with Gasteiger partial charge in [0.25, 0.3) is 5.91 Å². The molecule has 0 fully saturated rings. The van der Waals surface area contributed by atoms with Crippen molar-refractivity contribution < 1.29 is 9.00 Å². The van der Waals surface area contributed by atoms with Gasteiger partial charge in [0.05, 0.1) is 10.6 Å². The molecule has 0 radical (unpaired) electrons. The van der Waals surface area contributed by atoms with Crippen molar-refractivity contribution in [3.05, 3.63) is 33.3 Å². The third-order valence-electron chi connectivity index (χ3n) is 2.58. The van der Waals surface area contributed by atoms with Crippen LogP contribution in [-0.4, -0.2) is 28.2 Å². The van der Waals surface area contributed by atoms with Gasteiger partial charge >= 0.3 is 0 Å². The minimum Gasteiger partial charge on any atom is -0.352 e. The van der Waals surface area contributed by atoms with Gasteiger partial charge in [-0.1, -0.05) is 34.5 Å². The first-order valence-electron chi connectivity index (χ1n) is 5.47. The average Bonchev–Trinajstić information content (AvgIpc) is 2.31. The Kier molecular flexibility index (Phi) is 6.32. The van der Waals surface area contributed by atoms with Crippen molar-refractivity contribution in [2.24, 2.45) is 0 Å². The summed E-state index contributed by atoms with van der Waals surface area (Å²) in [6.45, 7) is 2.39. The largest absolute Gasteiger partial charge is 0.352 e. The zero-order valence-corrected chi connectivity index (χ0v) is 13.4. The minimum absolute atomic E-state index is 0.0725. The highest BCUT2D eigenvalue weighted by Gasteiger charge is 2.11. The van der Waals surface area contributed by atoms with Crippen molar-refractivity contribution in [2.45, 2.75) is 18.6 Å². The SMILES string of the molecule is CC(CCNC(=O)c1cc(Br)ccc1Cl)S(C)=O. The molecule has 1 amide bonds. The Balaban J connectivity index is 2.55. The van der Waals surface area contributed by atoms with E-state index in [2.05, 4.69) is 21.2 Å². The molecule has 18 heavy (non-hydrogen) atoms. The summed E-state index contributed by atoms with van der Waals surface area (Å²) in [5.74, 6) is -0.213. The van der Waals surface area contributed by atoms with E-state index < -0.39 is 10.8 Å². The zero-order chi connectivity index (χ0) is 13.7. The van der Waals surface area contributed by atoms with Crippen molar-refractivity contribution in [1.29, 1.82) is 0 Å². The van der Waals surface area contributed by atoms with Crippen molar-refractivity contribution in [2.75, 3.05) is 12.8 Å². The molecule has 0 aliphatic rings. The van der Waals surface area contributed by atoms with Gasteiger partial charge in [0.15, 0.2) is 0 Å². The number of hydrogen-bond donors (Lipinski definition) is 1. The maximum Gasteiger partial charge on any atom is 0.252 e. The third-order valence-corrected chi connectivity index (χ3v) is 4.77. The molecule has 0 aromatic heterocycles. The number of rotatable bonds is 5. The minimum atomic E-state index is -0.862. The molecule has 0 saturated carbocycles. The molecule has 0 bridgehead atoms. The van der Waals surface area contributed by atoms with E-state index in [1.807, 2.05) is 6.92 Å². The lowest BCUT2D eigenvalue weighted by atomic mass is 10.2. The Labute approximate surface area is 123 Å². The van der Waals surface area contributed by atoms with Crippen LogP contribution in [0, 0.1) is 0 Å². The predicted molar refractivity (Wildman–Crippen MR) is 79.6 cm³/mol. The van der Waals surface area contributed by atoms with E-state index in [1.165, 1.54) is 0 Å². The number of halogens is 2. The van der Waals surface area contributed by atoms with Crippen LogP contribution in [0.1, 0.15) is 23.7 Å². The monoisotopic (exact) mass is 351 g/mol. The summed E-state index contributed by atoms with van der Waals surface area (Å²) in [6, 6.07) is 5.13. The first kappa shape index (κ1) is 15.7. The molecule has 2 unspecified atom stereocenters. The van der Waals surface area contributed by atoms with Gasteiger partial charge in [0, 0.05) is 33.3 Å².